The zero-order chi connectivity index (χ0) is 11.7. The molecular weight excluding hydrogens is 205 g/mol. The van der Waals surface area contributed by atoms with E-state index < -0.39 is 12.1 Å². The van der Waals surface area contributed by atoms with Gasteiger partial charge in [-0.05, 0) is 37.3 Å². The minimum Gasteiger partial charge on any atom is -0.391 e. The predicted octanol–water partition coefficient (Wildman–Crippen LogP) is 2.29. The second kappa shape index (κ2) is 4.52. The molecule has 16 heavy (non-hydrogen) atoms. The fraction of sp³-hybridized carbons (Fsp3) is 0.538. The summed E-state index contributed by atoms with van der Waals surface area (Å²) in [6.45, 7) is 1.83. The van der Waals surface area contributed by atoms with Gasteiger partial charge in [-0.15, -0.1) is 0 Å². The summed E-state index contributed by atoms with van der Waals surface area (Å²) in [5.74, 6) is -0.0680. The van der Waals surface area contributed by atoms with Crippen molar-refractivity contribution < 1.29 is 9.50 Å². The van der Waals surface area contributed by atoms with Gasteiger partial charge in [0.05, 0.1) is 12.1 Å². The summed E-state index contributed by atoms with van der Waals surface area (Å²) < 4.78 is 13.7. The first-order valence-electron chi connectivity index (χ1n) is 5.79. The molecule has 0 bridgehead atoms. The van der Waals surface area contributed by atoms with E-state index in [1.807, 2.05) is 13.0 Å². The average Bonchev–Trinajstić information content (AvgIpc) is 2.14. The molecule has 0 unspecified atom stereocenters. The van der Waals surface area contributed by atoms with Crippen molar-refractivity contribution in [1.29, 1.82) is 0 Å². The highest BCUT2D eigenvalue weighted by Crippen LogP contribution is 2.34. The number of aliphatic hydroxyl groups is 1. The maximum Gasteiger partial charge on any atom is 0.128 e. The standard InChI is InChI=1S/C13H18FNO/c1-8-5-6-10(11(14)7-8)12(15)13(16)9-3-2-4-9/h5-7,9,12-13,16H,2-4,15H2,1H3/t12-,13+/m0/s1. The third kappa shape index (κ3) is 2.11. The molecule has 0 spiro atoms. The van der Waals surface area contributed by atoms with Gasteiger partial charge in [0, 0.05) is 5.56 Å². The number of aliphatic hydroxyl groups excluding tert-OH is 1. The second-order valence-corrected chi connectivity index (χ2v) is 4.73. The van der Waals surface area contributed by atoms with E-state index >= 15 is 0 Å². The van der Waals surface area contributed by atoms with Crippen LogP contribution >= 0.6 is 0 Å². The summed E-state index contributed by atoms with van der Waals surface area (Å²) in [6, 6.07) is 4.36. The van der Waals surface area contributed by atoms with E-state index in [-0.39, 0.29) is 11.7 Å². The van der Waals surface area contributed by atoms with Crippen molar-refractivity contribution in [3.05, 3.63) is 35.1 Å². The predicted molar refractivity (Wildman–Crippen MR) is 61.4 cm³/mol. The zero-order valence-corrected chi connectivity index (χ0v) is 9.49. The fourth-order valence-corrected chi connectivity index (χ4v) is 2.16. The molecule has 1 fully saturated rings. The molecule has 0 saturated heterocycles. The summed E-state index contributed by atoms with van der Waals surface area (Å²) in [5.41, 5.74) is 7.20. The molecule has 3 N–H and O–H groups in total. The number of benzene rings is 1. The molecule has 1 aromatic rings. The first kappa shape index (κ1) is 11.6. The molecule has 0 radical (unpaired) electrons. The average molecular weight is 223 g/mol. The Morgan fingerprint density at radius 1 is 1.44 bits per heavy atom. The van der Waals surface area contributed by atoms with Crippen LogP contribution in [0.15, 0.2) is 18.2 Å². The molecule has 0 aromatic heterocycles. The van der Waals surface area contributed by atoms with Crippen LogP contribution in [0.25, 0.3) is 0 Å². The normalized spacial score (nSPS) is 20.2. The lowest BCUT2D eigenvalue weighted by Crippen LogP contribution is -2.36. The Balaban J connectivity index is 2.15. The molecule has 0 heterocycles. The van der Waals surface area contributed by atoms with E-state index in [1.54, 1.807) is 6.07 Å². The molecular formula is C13H18FNO. The van der Waals surface area contributed by atoms with Crippen LogP contribution in [0.5, 0.6) is 0 Å². The minimum absolute atomic E-state index is 0.246. The first-order valence-corrected chi connectivity index (χ1v) is 5.79. The van der Waals surface area contributed by atoms with E-state index in [2.05, 4.69) is 0 Å². The SMILES string of the molecule is Cc1ccc([C@H](N)[C@H](O)C2CCC2)c(F)c1. The number of aryl methyl sites for hydroxylation is 1. The Hall–Kier alpha value is -0.930. The van der Waals surface area contributed by atoms with Gasteiger partial charge < -0.3 is 10.8 Å². The van der Waals surface area contributed by atoms with Gasteiger partial charge in [-0.1, -0.05) is 18.6 Å². The molecule has 0 aliphatic heterocycles. The van der Waals surface area contributed by atoms with Crippen LogP contribution < -0.4 is 5.73 Å². The van der Waals surface area contributed by atoms with Gasteiger partial charge in [0.2, 0.25) is 0 Å². The molecule has 1 aliphatic carbocycles. The second-order valence-electron chi connectivity index (χ2n) is 4.73. The number of hydrogen-bond donors (Lipinski definition) is 2. The molecule has 2 nitrogen and oxygen atoms in total. The zero-order valence-electron chi connectivity index (χ0n) is 9.49. The van der Waals surface area contributed by atoms with Crippen molar-refractivity contribution in [2.45, 2.75) is 38.3 Å². The van der Waals surface area contributed by atoms with Crippen molar-refractivity contribution >= 4 is 0 Å². The molecule has 2 atom stereocenters. The first-order chi connectivity index (χ1) is 7.59. The van der Waals surface area contributed by atoms with E-state index in [4.69, 9.17) is 5.73 Å². The van der Waals surface area contributed by atoms with Gasteiger partial charge >= 0.3 is 0 Å². The minimum atomic E-state index is -0.619. The van der Waals surface area contributed by atoms with Crippen LogP contribution in [-0.2, 0) is 0 Å². The number of halogens is 1. The van der Waals surface area contributed by atoms with Crippen molar-refractivity contribution in [2.75, 3.05) is 0 Å². The van der Waals surface area contributed by atoms with Crippen LogP contribution in [0, 0.1) is 18.7 Å². The third-order valence-electron chi connectivity index (χ3n) is 3.52. The van der Waals surface area contributed by atoms with E-state index in [0.717, 1.165) is 24.8 Å². The Labute approximate surface area is 95.3 Å². The van der Waals surface area contributed by atoms with Crippen molar-refractivity contribution in [3.8, 4) is 0 Å². The fourth-order valence-electron chi connectivity index (χ4n) is 2.16. The van der Waals surface area contributed by atoms with Crippen LogP contribution in [0.4, 0.5) is 4.39 Å². The molecule has 2 rings (SSSR count). The van der Waals surface area contributed by atoms with Gasteiger partial charge in [0.25, 0.3) is 0 Å². The lowest BCUT2D eigenvalue weighted by atomic mass is 9.77. The van der Waals surface area contributed by atoms with Gasteiger partial charge in [-0.3, -0.25) is 0 Å². The van der Waals surface area contributed by atoms with Crippen LogP contribution in [0.3, 0.4) is 0 Å². The summed E-state index contributed by atoms with van der Waals surface area (Å²) in [4.78, 5) is 0. The van der Waals surface area contributed by atoms with Crippen molar-refractivity contribution in [1.82, 2.24) is 0 Å². The number of rotatable bonds is 3. The van der Waals surface area contributed by atoms with E-state index in [1.165, 1.54) is 6.07 Å². The number of hydrogen-bond acceptors (Lipinski definition) is 2. The molecule has 3 heteroatoms. The van der Waals surface area contributed by atoms with E-state index in [0.29, 0.717) is 5.56 Å². The van der Waals surface area contributed by atoms with Gasteiger partial charge in [-0.25, -0.2) is 4.39 Å². The highest BCUT2D eigenvalue weighted by Gasteiger charge is 2.31. The lowest BCUT2D eigenvalue weighted by Gasteiger charge is -2.33. The highest BCUT2D eigenvalue weighted by atomic mass is 19.1. The van der Waals surface area contributed by atoms with Crippen molar-refractivity contribution in [3.63, 3.8) is 0 Å². The summed E-state index contributed by atoms with van der Waals surface area (Å²) >= 11 is 0. The lowest BCUT2D eigenvalue weighted by molar-refractivity contribution is 0.0405. The van der Waals surface area contributed by atoms with Gasteiger partial charge in [0.1, 0.15) is 5.82 Å². The Bertz CT molecular complexity index is 376. The molecule has 1 aliphatic rings. The third-order valence-corrected chi connectivity index (χ3v) is 3.52. The monoisotopic (exact) mass is 223 g/mol. The van der Waals surface area contributed by atoms with Crippen LogP contribution in [-0.4, -0.2) is 11.2 Å². The molecule has 88 valence electrons. The Morgan fingerprint density at radius 3 is 2.62 bits per heavy atom. The quantitative estimate of drug-likeness (QED) is 0.826. The summed E-state index contributed by atoms with van der Waals surface area (Å²) in [6.07, 6.45) is 2.53. The smallest absolute Gasteiger partial charge is 0.128 e. The Morgan fingerprint density at radius 2 is 2.12 bits per heavy atom. The number of nitrogens with two attached hydrogens (primary N) is 1. The maximum atomic E-state index is 13.7. The Kier molecular flexibility index (Phi) is 3.26. The van der Waals surface area contributed by atoms with Gasteiger partial charge in [0.15, 0.2) is 0 Å². The van der Waals surface area contributed by atoms with Gasteiger partial charge in [-0.2, -0.15) is 0 Å². The molecule has 1 aromatic carbocycles. The summed E-state index contributed by atoms with van der Waals surface area (Å²) in [7, 11) is 0. The summed E-state index contributed by atoms with van der Waals surface area (Å²) in [5, 5.41) is 9.99. The topological polar surface area (TPSA) is 46.2 Å². The maximum absolute atomic E-state index is 13.7. The molecule has 1 saturated carbocycles. The van der Waals surface area contributed by atoms with Crippen LogP contribution in [0.2, 0.25) is 0 Å². The molecule has 0 amide bonds. The largest absolute Gasteiger partial charge is 0.391 e. The van der Waals surface area contributed by atoms with Crippen molar-refractivity contribution in [2.24, 2.45) is 11.7 Å². The van der Waals surface area contributed by atoms with Crippen LogP contribution in [0.1, 0.15) is 36.4 Å². The van der Waals surface area contributed by atoms with E-state index in [9.17, 15) is 9.50 Å². The highest BCUT2D eigenvalue weighted by molar-refractivity contribution is 5.26.